The molecule has 0 unspecified atom stereocenters. The lowest BCUT2D eigenvalue weighted by atomic mass is 10.1. The van der Waals surface area contributed by atoms with Gasteiger partial charge in [0.15, 0.2) is 23.2 Å². The highest BCUT2D eigenvalue weighted by atomic mass is 16.5. The summed E-state index contributed by atoms with van der Waals surface area (Å²) in [5, 5.41) is 3.41. The minimum atomic E-state index is -0.0638. The molecular formula is C21H28N4O4. The van der Waals surface area contributed by atoms with Crippen molar-refractivity contribution in [3.8, 4) is 11.5 Å². The van der Waals surface area contributed by atoms with E-state index in [-0.39, 0.29) is 5.91 Å². The van der Waals surface area contributed by atoms with Crippen LogP contribution in [0.15, 0.2) is 46.0 Å². The van der Waals surface area contributed by atoms with Gasteiger partial charge in [-0.15, -0.1) is 0 Å². The van der Waals surface area contributed by atoms with Crippen LogP contribution in [0.25, 0.3) is 0 Å². The summed E-state index contributed by atoms with van der Waals surface area (Å²) in [5.74, 6) is 2.62. The number of nitrogens with one attached hydrogen (secondary N) is 1. The second-order valence-corrected chi connectivity index (χ2v) is 6.67. The summed E-state index contributed by atoms with van der Waals surface area (Å²) in [6.07, 6.45) is 2.35. The van der Waals surface area contributed by atoms with Crippen molar-refractivity contribution in [3.63, 3.8) is 0 Å². The second-order valence-electron chi connectivity index (χ2n) is 6.67. The van der Waals surface area contributed by atoms with Gasteiger partial charge in [-0.3, -0.25) is 9.79 Å². The normalized spacial score (nSPS) is 14.7. The lowest BCUT2D eigenvalue weighted by Crippen LogP contribution is -2.54. The molecule has 0 aliphatic carbocycles. The van der Waals surface area contributed by atoms with Gasteiger partial charge in [0.05, 0.1) is 20.5 Å². The van der Waals surface area contributed by atoms with E-state index in [1.54, 1.807) is 33.4 Å². The fourth-order valence-electron chi connectivity index (χ4n) is 3.36. The molecule has 8 nitrogen and oxygen atoms in total. The van der Waals surface area contributed by atoms with Gasteiger partial charge < -0.3 is 29.0 Å². The molecule has 0 radical (unpaired) electrons. The van der Waals surface area contributed by atoms with Crippen molar-refractivity contribution in [1.82, 2.24) is 15.1 Å². The van der Waals surface area contributed by atoms with Gasteiger partial charge >= 0.3 is 0 Å². The summed E-state index contributed by atoms with van der Waals surface area (Å²) >= 11 is 0. The molecule has 29 heavy (non-hydrogen) atoms. The van der Waals surface area contributed by atoms with Crippen molar-refractivity contribution < 1.29 is 18.7 Å². The Bertz CT molecular complexity index is 827. The Kier molecular flexibility index (Phi) is 6.99. The maximum atomic E-state index is 12.4. The molecule has 0 saturated carbocycles. The number of hydrogen-bond acceptors (Lipinski definition) is 5. The van der Waals surface area contributed by atoms with Crippen LogP contribution in [0.3, 0.4) is 0 Å². The van der Waals surface area contributed by atoms with Crippen molar-refractivity contribution in [3.05, 3.63) is 47.9 Å². The van der Waals surface area contributed by atoms with E-state index >= 15 is 0 Å². The number of nitrogens with zero attached hydrogens (tertiary/aromatic N) is 3. The molecule has 1 fully saturated rings. The highest BCUT2D eigenvalue weighted by Crippen LogP contribution is 2.27. The molecule has 1 N–H and O–H groups in total. The Balaban J connectivity index is 1.48. The van der Waals surface area contributed by atoms with Gasteiger partial charge in [0, 0.05) is 39.8 Å². The zero-order chi connectivity index (χ0) is 20.6. The zero-order valence-corrected chi connectivity index (χ0v) is 17.2. The van der Waals surface area contributed by atoms with E-state index < -0.39 is 0 Å². The maximum absolute atomic E-state index is 12.4. The molecule has 1 aromatic carbocycles. The van der Waals surface area contributed by atoms with Gasteiger partial charge in [-0.1, -0.05) is 6.07 Å². The van der Waals surface area contributed by atoms with Crippen molar-refractivity contribution >= 4 is 11.9 Å². The van der Waals surface area contributed by atoms with Gasteiger partial charge in [0.1, 0.15) is 0 Å². The highest BCUT2D eigenvalue weighted by molar-refractivity contribution is 5.91. The lowest BCUT2D eigenvalue weighted by molar-refractivity contribution is 0.0658. The third-order valence-electron chi connectivity index (χ3n) is 4.95. The van der Waals surface area contributed by atoms with E-state index in [1.807, 2.05) is 23.1 Å². The average Bonchev–Trinajstić information content (AvgIpc) is 3.31. The number of furan rings is 1. The summed E-state index contributed by atoms with van der Waals surface area (Å²) in [4.78, 5) is 20.7. The van der Waals surface area contributed by atoms with E-state index in [9.17, 15) is 4.79 Å². The van der Waals surface area contributed by atoms with E-state index in [4.69, 9.17) is 13.9 Å². The molecule has 1 aliphatic rings. The van der Waals surface area contributed by atoms with Crippen LogP contribution in [-0.4, -0.2) is 75.7 Å². The largest absolute Gasteiger partial charge is 0.493 e. The lowest BCUT2D eigenvalue weighted by Gasteiger charge is -2.36. The zero-order valence-electron chi connectivity index (χ0n) is 17.2. The smallest absolute Gasteiger partial charge is 0.289 e. The molecule has 1 saturated heterocycles. The molecule has 3 rings (SSSR count). The Morgan fingerprint density at radius 1 is 1.10 bits per heavy atom. The number of hydrogen-bond donors (Lipinski definition) is 1. The molecule has 0 atom stereocenters. The fourth-order valence-corrected chi connectivity index (χ4v) is 3.36. The summed E-state index contributed by atoms with van der Waals surface area (Å²) in [5.41, 5.74) is 1.15. The topological polar surface area (TPSA) is 79.5 Å². The number of rotatable bonds is 6. The van der Waals surface area contributed by atoms with Crippen molar-refractivity contribution in [2.24, 2.45) is 4.99 Å². The van der Waals surface area contributed by atoms with Gasteiger partial charge in [-0.25, -0.2) is 0 Å². The Hall–Kier alpha value is -3.16. The summed E-state index contributed by atoms with van der Waals surface area (Å²) in [7, 11) is 5.04. The van der Waals surface area contributed by atoms with Crippen molar-refractivity contribution in [2.75, 3.05) is 54.0 Å². The molecule has 1 aliphatic heterocycles. The Morgan fingerprint density at radius 2 is 1.83 bits per heavy atom. The second kappa shape index (κ2) is 9.86. The predicted molar refractivity (Wildman–Crippen MR) is 111 cm³/mol. The third kappa shape index (κ3) is 5.01. The number of amides is 1. The quantitative estimate of drug-likeness (QED) is 0.589. The van der Waals surface area contributed by atoms with Crippen LogP contribution in [0.2, 0.25) is 0 Å². The van der Waals surface area contributed by atoms with Crippen LogP contribution >= 0.6 is 0 Å². The SMILES string of the molecule is CN=C(NCCc1ccc(OC)c(OC)c1)N1CCN(C(=O)c2ccco2)CC1. The number of ether oxygens (including phenoxy) is 2. The number of carbonyl (C=O) groups excluding carboxylic acids is 1. The van der Waals surface area contributed by atoms with Crippen LogP contribution in [0.5, 0.6) is 11.5 Å². The first-order valence-corrected chi connectivity index (χ1v) is 9.65. The summed E-state index contributed by atoms with van der Waals surface area (Å²) < 4.78 is 15.9. The first-order valence-electron chi connectivity index (χ1n) is 9.65. The molecule has 1 aromatic heterocycles. The molecule has 8 heteroatoms. The molecule has 1 amide bonds. The summed E-state index contributed by atoms with van der Waals surface area (Å²) in [6.45, 7) is 3.46. The Labute approximate surface area is 171 Å². The van der Waals surface area contributed by atoms with Crippen LogP contribution in [0.1, 0.15) is 16.1 Å². The van der Waals surface area contributed by atoms with E-state index in [1.165, 1.54) is 6.26 Å². The van der Waals surface area contributed by atoms with Crippen LogP contribution in [0.4, 0.5) is 0 Å². The predicted octanol–water partition coefficient (Wildman–Crippen LogP) is 1.87. The number of benzene rings is 1. The van der Waals surface area contributed by atoms with E-state index in [0.29, 0.717) is 18.8 Å². The maximum Gasteiger partial charge on any atom is 0.289 e. The van der Waals surface area contributed by atoms with E-state index in [2.05, 4.69) is 15.2 Å². The van der Waals surface area contributed by atoms with Gasteiger partial charge in [-0.2, -0.15) is 0 Å². The molecule has 0 bridgehead atoms. The first-order chi connectivity index (χ1) is 14.2. The monoisotopic (exact) mass is 400 g/mol. The van der Waals surface area contributed by atoms with Gasteiger partial charge in [-0.05, 0) is 36.2 Å². The standard InChI is InChI=1S/C21H28N4O4/c1-22-21(23-9-8-16-6-7-17(27-2)19(15-16)28-3)25-12-10-24(11-13-25)20(26)18-5-4-14-29-18/h4-7,14-15H,8-13H2,1-3H3,(H,22,23). The first kappa shape index (κ1) is 20.6. The van der Waals surface area contributed by atoms with Crippen LogP contribution in [0, 0.1) is 0 Å². The Morgan fingerprint density at radius 3 is 2.45 bits per heavy atom. The van der Waals surface area contributed by atoms with Gasteiger partial charge in [0.25, 0.3) is 5.91 Å². The minimum Gasteiger partial charge on any atom is -0.493 e. The number of methoxy groups -OCH3 is 2. The molecule has 2 aromatic rings. The summed E-state index contributed by atoms with van der Waals surface area (Å²) in [6, 6.07) is 9.36. The van der Waals surface area contributed by atoms with Crippen molar-refractivity contribution in [1.29, 1.82) is 0 Å². The molecule has 156 valence electrons. The number of aliphatic imine (C=N–C) groups is 1. The number of guanidine groups is 1. The molecule has 2 heterocycles. The van der Waals surface area contributed by atoms with Crippen molar-refractivity contribution in [2.45, 2.75) is 6.42 Å². The number of carbonyl (C=O) groups is 1. The molecular weight excluding hydrogens is 372 g/mol. The third-order valence-corrected chi connectivity index (χ3v) is 4.95. The molecule has 0 spiro atoms. The van der Waals surface area contributed by atoms with Crippen LogP contribution < -0.4 is 14.8 Å². The van der Waals surface area contributed by atoms with E-state index in [0.717, 1.165) is 49.1 Å². The average molecular weight is 400 g/mol. The highest BCUT2D eigenvalue weighted by Gasteiger charge is 2.25. The number of piperazine rings is 1. The minimum absolute atomic E-state index is 0.0638. The van der Waals surface area contributed by atoms with Crippen LogP contribution in [-0.2, 0) is 6.42 Å². The fraction of sp³-hybridized carbons (Fsp3) is 0.429. The van der Waals surface area contributed by atoms with Gasteiger partial charge in [0.2, 0.25) is 0 Å².